The van der Waals surface area contributed by atoms with Crippen molar-refractivity contribution in [1.29, 1.82) is 0 Å². The Morgan fingerprint density at radius 1 is 1.10 bits per heavy atom. The fourth-order valence-electron chi connectivity index (χ4n) is 2.91. The summed E-state index contributed by atoms with van der Waals surface area (Å²) >= 11 is 0. The molecule has 0 aliphatic heterocycles. The number of rotatable bonds is 7. The Hall–Kier alpha value is -1.06. The molecular weight excluding hydrogens is 264 g/mol. The predicted octanol–water partition coefficient (Wildman–Crippen LogP) is 2.87. The van der Waals surface area contributed by atoms with Crippen LogP contribution in [0.2, 0.25) is 0 Å². The molecule has 4 nitrogen and oxygen atoms in total. The average molecular weight is 296 g/mol. The van der Waals surface area contributed by atoms with E-state index in [4.69, 9.17) is 0 Å². The molecule has 4 atom stereocenters. The highest BCUT2D eigenvalue weighted by Crippen LogP contribution is 2.52. The lowest BCUT2D eigenvalue weighted by Crippen LogP contribution is -2.54. The van der Waals surface area contributed by atoms with Crippen LogP contribution in [0.15, 0.2) is 0 Å². The van der Waals surface area contributed by atoms with Gasteiger partial charge < -0.3 is 10.6 Å². The van der Waals surface area contributed by atoms with Crippen molar-refractivity contribution in [2.24, 2.45) is 17.3 Å². The van der Waals surface area contributed by atoms with E-state index in [1.165, 1.54) is 0 Å². The number of nitrogens with one attached hydrogen (secondary N) is 2. The van der Waals surface area contributed by atoms with Crippen LogP contribution in [-0.4, -0.2) is 23.9 Å². The van der Waals surface area contributed by atoms with Gasteiger partial charge in [0.25, 0.3) is 0 Å². The Bertz CT molecular complexity index is 379. The fourth-order valence-corrected chi connectivity index (χ4v) is 2.91. The van der Waals surface area contributed by atoms with Gasteiger partial charge in [0.2, 0.25) is 11.8 Å². The van der Waals surface area contributed by atoms with Gasteiger partial charge in [0.15, 0.2) is 0 Å². The molecule has 0 aromatic rings. The molecule has 122 valence electrons. The molecule has 1 aliphatic carbocycles. The maximum absolute atomic E-state index is 12.3. The van der Waals surface area contributed by atoms with Crippen LogP contribution >= 0.6 is 0 Å². The van der Waals surface area contributed by atoms with Crippen LogP contribution in [0.4, 0.5) is 0 Å². The monoisotopic (exact) mass is 296 g/mol. The quantitative estimate of drug-likeness (QED) is 0.759. The Balaban J connectivity index is 2.49. The molecule has 0 heterocycles. The van der Waals surface area contributed by atoms with Crippen molar-refractivity contribution in [3.05, 3.63) is 0 Å². The third-order valence-corrected chi connectivity index (χ3v) is 5.24. The number of carbonyl (C=O) groups is 2. The normalized spacial score (nSPS) is 26.4. The third-order valence-electron chi connectivity index (χ3n) is 5.24. The van der Waals surface area contributed by atoms with E-state index in [0.29, 0.717) is 12.3 Å². The molecule has 21 heavy (non-hydrogen) atoms. The molecule has 0 aromatic carbocycles. The summed E-state index contributed by atoms with van der Waals surface area (Å²) in [7, 11) is 0. The smallest absolute Gasteiger partial charge is 0.223 e. The first-order valence-corrected chi connectivity index (χ1v) is 8.32. The molecule has 1 rings (SSSR count). The standard InChI is InChI=1S/C17H32N2O2/c1-7-11(3)18-15(20)10-13-9-14(17(13,5)6)16(21)19-12(4)8-2/h11-14H,7-10H2,1-6H3,(H,18,20)(H,19,21)/t11-,12-,13-,14-/m0/s1. The van der Waals surface area contributed by atoms with Gasteiger partial charge in [-0.25, -0.2) is 0 Å². The minimum atomic E-state index is -0.0929. The zero-order chi connectivity index (χ0) is 16.2. The highest BCUT2D eigenvalue weighted by molar-refractivity contribution is 5.82. The first kappa shape index (κ1) is 18.0. The molecule has 1 aliphatic rings. The number of amides is 2. The Labute approximate surface area is 129 Å². The summed E-state index contributed by atoms with van der Waals surface area (Å²) in [5, 5.41) is 6.08. The lowest BCUT2D eigenvalue weighted by molar-refractivity contribution is -0.145. The largest absolute Gasteiger partial charge is 0.354 e. The second-order valence-corrected chi connectivity index (χ2v) is 7.21. The van der Waals surface area contributed by atoms with Crippen molar-refractivity contribution in [2.75, 3.05) is 0 Å². The van der Waals surface area contributed by atoms with Crippen LogP contribution in [0.25, 0.3) is 0 Å². The van der Waals surface area contributed by atoms with E-state index in [0.717, 1.165) is 19.3 Å². The summed E-state index contributed by atoms with van der Waals surface area (Å²) in [6, 6.07) is 0.450. The van der Waals surface area contributed by atoms with E-state index < -0.39 is 0 Å². The van der Waals surface area contributed by atoms with Crippen LogP contribution in [-0.2, 0) is 9.59 Å². The van der Waals surface area contributed by atoms with Gasteiger partial charge >= 0.3 is 0 Å². The van der Waals surface area contributed by atoms with E-state index in [1.54, 1.807) is 0 Å². The molecule has 0 aromatic heterocycles. The van der Waals surface area contributed by atoms with E-state index in [9.17, 15) is 9.59 Å². The van der Waals surface area contributed by atoms with Gasteiger partial charge in [-0.1, -0.05) is 27.7 Å². The van der Waals surface area contributed by atoms with Gasteiger partial charge in [0.1, 0.15) is 0 Å². The highest BCUT2D eigenvalue weighted by Gasteiger charge is 2.52. The minimum Gasteiger partial charge on any atom is -0.354 e. The Morgan fingerprint density at radius 3 is 2.10 bits per heavy atom. The maximum atomic E-state index is 12.3. The van der Waals surface area contributed by atoms with Crippen molar-refractivity contribution in [3.63, 3.8) is 0 Å². The van der Waals surface area contributed by atoms with E-state index in [-0.39, 0.29) is 35.2 Å². The Kier molecular flexibility index (Phi) is 6.24. The predicted molar refractivity (Wildman–Crippen MR) is 85.8 cm³/mol. The highest BCUT2D eigenvalue weighted by atomic mass is 16.2. The Morgan fingerprint density at radius 2 is 1.62 bits per heavy atom. The first-order valence-electron chi connectivity index (χ1n) is 8.32. The van der Waals surface area contributed by atoms with Crippen molar-refractivity contribution >= 4 is 11.8 Å². The third kappa shape index (κ3) is 4.45. The lowest BCUT2D eigenvalue weighted by atomic mass is 9.53. The van der Waals surface area contributed by atoms with Crippen LogP contribution < -0.4 is 10.6 Å². The number of hydrogen-bond donors (Lipinski definition) is 2. The minimum absolute atomic E-state index is 0.0351. The zero-order valence-corrected chi connectivity index (χ0v) is 14.5. The number of carbonyl (C=O) groups excluding carboxylic acids is 2. The van der Waals surface area contributed by atoms with E-state index in [1.807, 2.05) is 13.8 Å². The molecule has 1 fully saturated rings. The first-order chi connectivity index (χ1) is 9.72. The molecule has 0 bridgehead atoms. The van der Waals surface area contributed by atoms with Crippen molar-refractivity contribution in [3.8, 4) is 0 Å². The van der Waals surface area contributed by atoms with Gasteiger partial charge in [0, 0.05) is 24.4 Å². The summed E-state index contributed by atoms with van der Waals surface area (Å²) in [4.78, 5) is 24.2. The summed E-state index contributed by atoms with van der Waals surface area (Å²) in [5.74, 6) is 0.596. The molecule has 0 radical (unpaired) electrons. The second kappa shape index (κ2) is 7.28. The molecule has 2 N–H and O–H groups in total. The molecule has 0 spiro atoms. The summed E-state index contributed by atoms with van der Waals surface area (Å²) in [6.07, 6.45) is 3.24. The maximum Gasteiger partial charge on any atom is 0.223 e. The summed E-state index contributed by atoms with van der Waals surface area (Å²) in [6.45, 7) is 12.4. The van der Waals surface area contributed by atoms with E-state index >= 15 is 0 Å². The van der Waals surface area contributed by atoms with Gasteiger partial charge in [0.05, 0.1) is 0 Å². The van der Waals surface area contributed by atoms with Crippen molar-refractivity contribution < 1.29 is 9.59 Å². The van der Waals surface area contributed by atoms with Gasteiger partial charge in [-0.15, -0.1) is 0 Å². The summed E-state index contributed by atoms with van der Waals surface area (Å²) in [5.41, 5.74) is -0.0929. The second-order valence-electron chi connectivity index (χ2n) is 7.21. The zero-order valence-electron chi connectivity index (χ0n) is 14.5. The molecule has 0 unspecified atom stereocenters. The molecule has 0 saturated heterocycles. The average Bonchev–Trinajstić information content (AvgIpc) is 2.42. The van der Waals surface area contributed by atoms with Crippen molar-refractivity contribution in [1.82, 2.24) is 10.6 Å². The summed E-state index contributed by atoms with van der Waals surface area (Å²) < 4.78 is 0. The van der Waals surface area contributed by atoms with Crippen molar-refractivity contribution in [2.45, 2.75) is 79.3 Å². The van der Waals surface area contributed by atoms with Crippen LogP contribution in [0.5, 0.6) is 0 Å². The number of hydrogen-bond acceptors (Lipinski definition) is 2. The fraction of sp³-hybridized carbons (Fsp3) is 0.882. The SMILES string of the molecule is CC[C@H](C)NC(=O)C[C@@H]1C[C@@H](C(=O)N[C@@H](C)CC)C1(C)C. The van der Waals surface area contributed by atoms with Crippen LogP contribution in [0.1, 0.15) is 67.2 Å². The topological polar surface area (TPSA) is 58.2 Å². The lowest BCUT2D eigenvalue weighted by Gasteiger charge is -2.51. The van der Waals surface area contributed by atoms with Gasteiger partial charge in [-0.2, -0.15) is 0 Å². The molecule has 2 amide bonds. The molecule has 4 heteroatoms. The van der Waals surface area contributed by atoms with Gasteiger partial charge in [-0.3, -0.25) is 9.59 Å². The molecule has 1 saturated carbocycles. The van der Waals surface area contributed by atoms with E-state index in [2.05, 4.69) is 38.3 Å². The van der Waals surface area contributed by atoms with Crippen LogP contribution in [0, 0.1) is 17.3 Å². The van der Waals surface area contributed by atoms with Crippen LogP contribution in [0.3, 0.4) is 0 Å². The van der Waals surface area contributed by atoms with Gasteiger partial charge in [-0.05, 0) is 44.4 Å². The molecular formula is C17H32N2O2.